The molecular formula is C15H20N2O3. The summed E-state index contributed by atoms with van der Waals surface area (Å²) in [5, 5.41) is 12.6. The van der Waals surface area contributed by atoms with Crippen molar-refractivity contribution in [3.63, 3.8) is 0 Å². The lowest BCUT2D eigenvalue weighted by Crippen LogP contribution is -2.49. The minimum atomic E-state index is 0.0419. The van der Waals surface area contributed by atoms with Crippen molar-refractivity contribution in [2.24, 2.45) is 5.92 Å². The lowest BCUT2D eigenvalue weighted by atomic mass is 9.99. The van der Waals surface area contributed by atoms with Crippen molar-refractivity contribution in [1.29, 1.82) is 0 Å². The first-order valence-corrected chi connectivity index (χ1v) is 7.10. The Bertz CT molecular complexity index is 469. The lowest BCUT2D eigenvalue weighted by molar-refractivity contribution is -0.152. The van der Waals surface area contributed by atoms with Gasteiger partial charge >= 0.3 is 0 Å². The van der Waals surface area contributed by atoms with Gasteiger partial charge in [0.15, 0.2) is 0 Å². The van der Waals surface area contributed by atoms with E-state index in [1.54, 1.807) is 12.1 Å². The number of ether oxygens (including phenoxy) is 1. The van der Waals surface area contributed by atoms with Crippen LogP contribution in [0, 0.1) is 5.92 Å². The number of aromatic hydroxyl groups is 1. The Hall–Kier alpha value is -1.59. The van der Waals surface area contributed by atoms with Crippen LogP contribution in [0.3, 0.4) is 0 Å². The van der Waals surface area contributed by atoms with Crippen molar-refractivity contribution >= 4 is 5.91 Å². The lowest BCUT2D eigenvalue weighted by Gasteiger charge is -2.35. The first-order valence-electron chi connectivity index (χ1n) is 7.10. The Kier molecular flexibility index (Phi) is 3.89. The summed E-state index contributed by atoms with van der Waals surface area (Å²) in [6.45, 7) is 3.44. The number of hydrogen-bond donors (Lipinski definition) is 2. The van der Waals surface area contributed by atoms with Gasteiger partial charge in [-0.15, -0.1) is 0 Å². The fraction of sp³-hybridized carbons (Fsp3) is 0.533. The van der Waals surface area contributed by atoms with Crippen molar-refractivity contribution < 1.29 is 14.6 Å². The van der Waals surface area contributed by atoms with E-state index >= 15 is 0 Å². The Morgan fingerprint density at radius 1 is 1.35 bits per heavy atom. The van der Waals surface area contributed by atoms with Crippen LogP contribution in [0.1, 0.15) is 12.0 Å². The highest BCUT2D eigenvalue weighted by atomic mass is 16.5. The molecule has 2 fully saturated rings. The van der Waals surface area contributed by atoms with Crippen LogP contribution in [0.4, 0.5) is 0 Å². The number of carbonyl (C=O) groups is 1. The highest BCUT2D eigenvalue weighted by Gasteiger charge is 2.33. The molecule has 0 aromatic heterocycles. The SMILES string of the molecule is O=C1COC(C2CCNC2)CN1Cc1ccc(O)cc1. The number of amides is 1. The zero-order valence-corrected chi connectivity index (χ0v) is 11.4. The van der Waals surface area contributed by atoms with Gasteiger partial charge in [0, 0.05) is 25.6 Å². The summed E-state index contributed by atoms with van der Waals surface area (Å²) in [5.74, 6) is 0.794. The summed E-state index contributed by atoms with van der Waals surface area (Å²) >= 11 is 0. The standard InChI is InChI=1S/C15H20N2O3/c18-13-3-1-11(2-4-13)8-17-9-14(20-10-15(17)19)12-5-6-16-7-12/h1-4,12,14,16,18H,5-10H2. The maximum atomic E-state index is 12.0. The summed E-state index contributed by atoms with van der Waals surface area (Å²) in [4.78, 5) is 13.8. The minimum absolute atomic E-state index is 0.0419. The van der Waals surface area contributed by atoms with Gasteiger partial charge in [0.05, 0.1) is 6.10 Å². The Labute approximate surface area is 118 Å². The Morgan fingerprint density at radius 3 is 2.85 bits per heavy atom. The molecule has 2 unspecified atom stereocenters. The highest BCUT2D eigenvalue weighted by Crippen LogP contribution is 2.22. The van der Waals surface area contributed by atoms with Gasteiger partial charge in [-0.25, -0.2) is 0 Å². The molecule has 0 saturated carbocycles. The average molecular weight is 276 g/mol. The first kappa shape index (κ1) is 13.4. The van der Waals surface area contributed by atoms with Gasteiger partial charge in [-0.05, 0) is 30.7 Å². The van der Waals surface area contributed by atoms with E-state index < -0.39 is 0 Å². The monoisotopic (exact) mass is 276 g/mol. The van der Waals surface area contributed by atoms with E-state index in [-0.39, 0.29) is 24.4 Å². The normalized spacial score (nSPS) is 27.0. The largest absolute Gasteiger partial charge is 0.508 e. The molecule has 2 saturated heterocycles. The van der Waals surface area contributed by atoms with Crippen molar-refractivity contribution in [3.8, 4) is 5.75 Å². The summed E-state index contributed by atoms with van der Waals surface area (Å²) < 4.78 is 5.69. The average Bonchev–Trinajstić information content (AvgIpc) is 2.98. The molecule has 0 bridgehead atoms. The van der Waals surface area contributed by atoms with Gasteiger partial charge in [-0.3, -0.25) is 4.79 Å². The quantitative estimate of drug-likeness (QED) is 0.854. The molecule has 0 aliphatic carbocycles. The molecule has 1 aromatic rings. The van der Waals surface area contributed by atoms with Crippen molar-refractivity contribution in [3.05, 3.63) is 29.8 Å². The molecular weight excluding hydrogens is 256 g/mol. The number of nitrogens with one attached hydrogen (secondary N) is 1. The number of carbonyl (C=O) groups excluding carboxylic acids is 1. The van der Waals surface area contributed by atoms with E-state index in [2.05, 4.69) is 5.32 Å². The van der Waals surface area contributed by atoms with Gasteiger partial charge in [-0.1, -0.05) is 12.1 Å². The molecule has 5 nitrogen and oxygen atoms in total. The molecule has 2 aliphatic rings. The van der Waals surface area contributed by atoms with Crippen LogP contribution < -0.4 is 5.32 Å². The third-order valence-electron chi connectivity index (χ3n) is 4.11. The summed E-state index contributed by atoms with van der Waals surface area (Å²) in [5.41, 5.74) is 1.03. The molecule has 5 heteroatoms. The zero-order valence-electron chi connectivity index (χ0n) is 11.4. The van der Waals surface area contributed by atoms with Gasteiger partial charge in [-0.2, -0.15) is 0 Å². The van der Waals surface area contributed by atoms with E-state index in [1.165, 1.54) is 0 Å². The number of hydrogen-bond acceptors (Lipinski definition) is 4. The van der Waals surface area contributed by atoms with Crippen molar-refractivity contribution in [2.75, 3.05) is 26.2 Å². The van der Waals surface area contributed by atoms with Crippen molar-refractivity contribution in [2.45, 2.75) is 19.1 Å². The molecule has 2 heterocycles. The number of rotatable bonds is 3. The Balaban J connectivity index is 1.64. The number of nitrogens with zero attached hydrogens (tertiary/aromatic N) is 1. The number of phenolic OH excluding ortho intramolecular Hbond substituents is 1. The van der Waals surface area contributed by atoms with E-state index in [1.807, 2.05) is 17.0 Å². The molecule has 1 aromatic carbocycles. The van der Waals surface area contributed by atoms with Gasteiger partial charge in [0.1, 0.15) is 12.4 Å². The topological polar surface area (TPSA) is 61.8 Å². The second-order valence-electron chi connectivity index (χ2n) is 5.54. The Morgan fingerprint density at radius 2 is 2.15 bits per heavy atom. The second-order valence-corrected chi connectivity index (χ2v) is 5.54. The summed E-state index contributed by atoms with van der Waals surface area (Å²) in [6, 6.07) is 7.01. The van der Waals surface area contributed by atoms with E-state index in [4.69, 9.17) is 4.74 Å². The first-order chi connectivity index (χ1) is 9.72. The number of morpholine rings is 1. The van der Waals surface area contributed by atoms with E-state index in [9.17, 15) is 9.90 Å². The van der Waals surface area contributed by atoms with E-state index in [0.29, 0.717) is 19.0 Å². The van der Waals surface area contributed by atoms with E-state index in [0.717, 1.165) is 25.1 Å². The van der Waals surface area contributed by atoms with Crippen LogP contribution >= 0.6 is 0 Å². The second kappa shape index (κ2) is 5.81. The van der Waals surface area contributed by atoms with Gasteiger partial charge in [0.2, 0.25) is 5.91 Å². The van der Waals surface area contributed by atoms with Crippen LogP contribution in [0.15, 0.2) is 24.3 Å². The number of phenols is 1. The summed E-state index contributed by atoms with van der Waals surface area (Å²) in [6.07, 6.45) is 1.26. The molecule has 2 N–H and O–H groups in total. The molecule has 0 radical (unpaired) electrons. The fourth-order valence-corrected chi connectivity index (χ4v) is 2.90. The predicted molar refractivity (Wildman–Crippen MR) is 74.2 cm³/mol. The molecule has 20 heavy (non-hydrogen) atoms. The van der Waals surface area contributed by atoms with Crippen LogP contribution in [-0.2, 0) is 16.1 Å². The van der Waals surface area contributed by atoms with Crippen LogP contribution in [0.2, 0.25) is 0 Å². The minimum Gasteiger partial charge on any atom is -0.508 e. The van der Waals surface area contributed by atoms with Crippen molar-refractivity contribution in [1.82, 2.24) is 10.2 Å². The zero-order chi connectivity index (χ0) is 13.9. The molecule has 2 aliphatic heterocycles. The maximum absolute atomic E-state index is 12.0. The van der Waals surface area contributed by atoms with Gasteiger partial charge < -0.3 is 20.1 Å². The predicted octanol–water partition coefficient (Wildman–Crippen LogP) is 0.729. The third-order valence-corrected chi connectivity index (χ3v) is 4.11. The molecule has 108 valence electrons. The fourth-order valence-electron chi connectivity index (χ4n) is 2.90. The van der Waals surface area contributed by atoms with Crippen LogP contribution in [-0.4, -0.2) is 48.3 Å². The maximum Gasteiger partial charge on any atom is 0.248 e. The molecule has 1 amide bonds. The van der Waals surface area contributed by atoms with Crippen LogP contribution in [0.5, 0.6) is 5.75 Å². The number of benzene rings is 1. The molecule has 3 rings (SSSR count). The van der Waals surface area contributed by atoms with Crippen LogP contribution in [0.25, 0.3) is 0 Å². The highest BCUT2D eigenvalue weighted by molar-refractivity contribution is 5.78. The third kappa shape index (κ3) is 2.94. The smallest absolute Gasteiger partial charge is 0.248 e. The summed E-state index contributed by atoms with van der Waals surface area (Å²) in [7, 11) is 0. The molecule has 2 atom stereocenters. The molecule has 0 spiro atoms. The van der Waals surface area contributed by atoms with Gasteiger partial charge in [0.25, 0.3) is 0 Å².